The molecule has 32 heavy (non-hydrogen) atoms. The maximum atomic E-state index is 12.7. The van der Waals surface area contributed by atoms with Crippen molar-refractivity contribution in [3.8, 4) is 0 Å². The number of hydrogen-bond donors (Lipinski definition) is 2. The first kappa shape index (κ1) is 23.4. The molecule has 0 spiro atoms. The molecular weight excluding hydrogens is 430 g/mol. The van der Waals surface area contributed by atoms with E-state index in [9.17, 15) is 14.4 Å². The molecule has 0 bridgehead atoms. The molecule has 3 aromatic rings. The predicted molar refractivity (Wildman–Crippen MR) is 121 cm³/mol. The molecule has 3 rings (SSSR count). The normalized spacial score (nSPS) is 11.9. The van der Waals surface area contributed by atoms with Crippen LogP contribution in [0.25, 0.3) is 10.2 Å². The minimum Gasteiger partial charge on any atom is -0.464 e. The predicted octanol–water partition coefficient (Wildman–Crippen LogP) is 3.26. The van der Waals surface area contributed by atoms with E-state index in [0.29, 0.717) is 10.4 Å². The van der Waals surface area contributed by atoms with Crippen molar-refractivity contribution in [3.05, 3.63) is 64.7 Å². The van der Waals surface area contributed by atoms with Crippen LogP contribution < -0.4 is 10.8 Å². The van der Waals surface area contributed by atoms with Gasteiger partial charge in [0.15, 0.2) is 6.04 Å². The molecule has 9 heteroatoms. The lowest BCUT2D eigenvalue weighted by molar-refractivity contribution is -0.150. The Labute approximate surface area is 189 Å². The van der Waals surface area contributed by atoms with Gasteiger partial charge in [-0.3, -0.25) is 14.6 Å². The Morgan fingerprint density at radius 2 is 1.88 bits per heavy atom. The number of thiophene rings is 1. The van der Waals surface area contributed by atoms with Gasteiger partial charge in [0, 0.05) is 12.7 Å². The van der Waals surface area contributed by atoms with Gasteiger partial charge in [-0.15, -0.1) is 16.8 Å². The highest BCUT2D eigenvalue weighted by atomic mass is 32.1. The summed E-state index contributed by atoms with van der Waals surface area (Å²) >= 11 is 1.33. The van der Waals surface area contributed by atoms with Crippen LogP contribution in [-0.4, -0.2) is 42.0 Å². The van der Waals surface area contributed by atoms with Crippen molar-refractivity contribution in [2.45, 2.75) is 26.8 Å². The number of nitrogens with zero attached hydrogens (tertiary/aromatic N) is 1. The van der Waals surface area contributed by atoms with Crippen LogP contribution in [0.5, 0.6) is 0 Å². The number of aryl methyl sites for hydroxylation is 1. The van der Waals surface area contributed by atoms with Crippen LogP contribution >= 0.6 is 11.3 Å². The van der Waals surface area contributed by atoms with Gasteiger partial charge in [0.05, 0.1) is 27.3 Å². The average Bonchev–Trinajstić information content (AvgIpc) is 3.23. The molecule has 0 unspecified atom stereocenters. The molecule has 0 saturated carbocycles. The summed E-state index contributed by atoms with van der Waals surface area (Å²) < 4.78 is 6.18. The fraction of sp³-hybridized carbons (Fsp3) is 0.304. The maximum Gasteiger partial charge on any atom is 0.356 e. The van der Waals surface area contributed by atoms with Crippen molar-refractivity contribution in [2.24, 2.45) is 5.92 Å². The number of rotatable bonds is 9. The summed E-state index contributed by atoms with van der Waals surface area (Å²) in [4.78, 5) is 47.2. The number of ether oxygens (including phenoxy) is 1. The second-order valence-electron chi connectivity index (χ2n) is 7.61. The Bertz CT molecular complexity index is 1100. The maximum absolute atomic E-state index is 12.7. The number of fused-ring (bicyclic) bond motifs is 1. The Morgan fingerprint density at radius 3 is 2.56 bits per heavy atom. The fourth-order valence-electron chi connectivity index (χ4n) is 2.74. The van der Waals surface area contributed by atoms with E-state index in [1.54, 1.807) is 42.6 Å². The molecule has 0 aliphatic rings. The first-order chi connectivity index (χ1) is 15.3. The molecule has 2 heterocycles. The summed E-state index contributed by atoms with van der Waals surface area (Å²) in [6.07, 6.45) is 1.69. The second-order valence-corrected chi connectivity index (χ2v) is 8.66. The third kappa shape index (κ3) is 6.12. The number of benzene rings is 1. The third-order valence-electron chi connectivity index (χ3n) is 4.45. The van der Waals surface area contributed by atoms with Crippen molar-refractivity contribution in [1.29, 1.82) is 0 Å². The van der Waals surface area contributed by atoms with Crippen LogP contribution in [0.4, 0.5) is 0 Å². The zero-order valence-corrected chi connectivity index (χ0v) is 18.9. The fourth-order valence-corrected chi connectivity index (χ4v) is 3.74. The monoisotopic (exact) mass is 455 g/mol. The van der Waals surface area contributed by atoms with E-state index in [1.165, 1.54) is 11.3 Å². The van der Waals surface area contributed by atoms with Gasteiger partial charge >= 0.3 is 11.9 Å². The molecule has 8 nitrogen and oxygen atoms in total. The zero-order chi connectivity index (χ0) is 23.1. The van der Waals surface area contributed by atoms with E-state index in [0.717, 1.165) is 15.8 Å². The Balaban J connectivity index is 1.65. The quantitative estimate of drug-likeness (QED) is 0.377. The molecule has 2 aromatic heterocycles. The first-order valence-corrected chi connectivity index (χ1v) is 11.0. The van der Waals surface area contributed by atoms with Gasteiger partial charge in [0.25, 0.3) is 5.91 Å². The lowest BCUT2D eigenvalue weighted by atomic mass is 10.2. The topological polar surface area (TPSA) is 107 Å². The average molecular weight is 456 g/mol. The molecule has 1 atom stereocenters. The smallest absolute Gasteiger partial charge is 0.356 e. The van der Waals surface area contributed by atoms with E-state index in [-0.39, 0.29) is 25.0 Å². The summed E-state index contributed by atoms with van der Waals surface area (Å²) in [7, 11) is 0. The number of carbonyl (C=O) groups is 3. The highest BCUT2D eigenvalue weighted by Crippen LogP contribution is 2.26. The summed E-state index contributed by atoms with van der Waals surface area (Å²) in [5.74, 6) is -1.50. The second kappa shape index (κ2) is 10.8. The van der Waals surface area contributed by atoms with Crippen LogP contribution in [0.2, 0.25) is 0 Å². The molecule has 0 aliphatic carbocycles. The van der Waals surface area contributed by atoms with E-state index in [4.69, 9.17) is 9.57 Å². The number of carbonyl (C=O) groups excluding carboxylic acids is 3. The van der Waals surface area contributed by atoms with Crippen molar-refractivity contribution >= 4 is 39.4 Å². The summed E-state index contributed by atoms with van der Waals surface area (Å²) in [6, 6.07) is 10.9. The highest BCUT2D eigenvalue weighted by Gasteiger charge is 2.24. The number of aromatic nitrogens is 1. The molecule has 168 valence electrons. The largest absolute Gasteiger partial charge is 0.464 e. The number of amides is 1. The number of hydroxylamine groups is 1. The molecule has 0 fully saturated rings. The molecule has 1 amide bonds. The highest BCUT2D eigenvalue weighted by molar-refractivity contribution is 7.21. The standard InChI is InChI=1S/C23H25N3O5S/c1-14(2)13-30-23(29)18(26-31-22(28)16-7-5-4-6-8-16)12-25-21(27)19-11-17-20(32-19)15(3)9-10-24-17/h4-11,14,18,26H,12-13H2,1-3H3,(H,25,27)/t18-/m1/s1. The third-order valence-corrected chi connectivity index (χ3v) is 5.70. The first-order valence-electron chi connectivity index (χ1n) is 10.2. The number of hydrogen-bond acceptors (Lipinski definition) is 8. The zero-order valence-electron chi connectivity index (χ0n) is 18.1. The summed E-state index contributed by atoms with van der Waals surface area (Å²) in [5, 5.41) is 2.70. The van der Waals surface area contributed by atoms with Crippen molar-refractivity contribution < 1.29 is 24.0 Å². The minimum absolute atomic E-state index is 0.127. The van der Waals surface area contributed by atoms with Crippen molar-refractivity contribution in [1.82, 2.24) is 15.8 Å². The van der Waals surface area contributed by atoms with E-state index >= 15 is 0 Å². The van der Waals surface area contributed by atoms with Gasteiger partial charge in [-0.2, -0.15) is 0 Å². The molecular formula is C23H25N3O5S. The SMILES string of the molecule is Cc1ccnc2cc(C(=O)NC[C@@H](NOC(=O)c3ccccc3)C(=O)OCC(C)C)sc12. The van der Waals surface area contributed by atoms with Crippen LogP contribution in [0, 0.1) is 12.8 Å². The van der Waals surface area contributed by atoms with Gasteiger partial charge in [0.2, 0.25) is 0 Å². The molecule has 0 aliphatic heterocycles. The molecule has 1 aromatic carbocycles. The van der Waals surface area contributed by atoms with Crippen molar-refractivity contribution in [3.63, 3.8) is 0 Å². The van der Waals surface area contributed by atoms with Crippen molar-refractivity contribution in [2.75, 3.05) is 13.2 Å². The lowest BCUT2D eigenvalue weighted by Gasteiger charge is -2.18. The van der Waals surface area contributed by atoms with E-state index in [1.807, 2.05) is 26.8 Å². The van der Waals surface area contributed by atoms with Crippen LogP contribution in [-0.2, 0) is 14.4 Å². The van der Waals surface area contributed by atoms with Crippen LogP contribution in [0.3, 0.4) is 0 Å². The molecule has 0 saturated heterocycles. The lowest BCUT2D eigenvalue weighted by Crippen LogP contribution is -2.47. The Hall–Kier alpha value is -3.30. The van der Waals surface area contributed by atoms with Gasteiger partial charge in [-0.25, -0.2) is 4.79 Å². The summed E-state index contributed by atoms with van der Waals surface area (Å²) in [5.41, 5.74) is 4.53. The number of esters is 1. The van der Waals surface area contributed by atoms with Crippen LogP contribution in [0.15, 0.2) is 48.7 Å². The number of nitrogens with one attached hydrogen (secondary N) is 2. The Kier molecular flexibility index (Phi) is 7.91. The molecule has 2 N–H and O–H groups in total. The van der Waals surface area contributed by atoms with E-state index in [2.05, 4.69) is 15.8 Å². The number of pyridine rings is 1. The Morgan fingerprint density at radius 1 is 1.12 bits per heavy atom. The molecule has 0 radical (unpaired) electrons. The van der Waals surface area contributed by atoms with Gasteiger partial charge < -0.3 is 14.9 Å². The van der Waals surface area contributed by atoms with E-state index < -0.39 is 18.0 Å². The van der Waals surface area contributed by atoms with Gasteiger partial charge in [-0.1, -0.05) is 32.0 Å². The van der Waals surface area contributed by atoms with Gasteiger partial charge in [0.1, 0.15) is 0 Å². The summed E-state index contributed by atoms with van der Waals surface area (Å²) in [6.45, 7) is 5.85. The van der Waals surface area contributed by atoms with Crippen LogP contribution in [0.1, 0.15) is 39.4 Å². The minimum atomic E-state index is -1.07. The van der Waals surface area contributed by atoms with Gasteiger partial charge in [-0.05, 0) is 42.7 Å².